The van der Waals surface area contributed by atoms with Gasteiger partial charge in [0.15, 0.2) is 5.70 Å². The highest BCUT2D eigenvalue weighted by molar-refractivity contribution is 6.34. The van der Waals surface area contributed by atoms with E-state index in [0.29, 0.717) is 11.3 Å². The molecule has 1 aliphatic heterocycles. The monoisotopic (exact) mass is 358 g/mol. The molecule has 0 spiro atoms. The summed E-state index contributed by atoms with van der Waals surface area (Å²) >= 11 is 6.05. The minimum Gasteiger partial charge on any atom is -0.497 e. The number of nitro groups is 1. The molecule has 7 nitrogen and oxygen atoms in total. The molecule has 2 aromatic rings. The SMILES string of the molecule is COc1cccc(C=C2N=C(c3cc([N+](=O)[O-])ccc3Cl)OC2=O)c1. The number of halogens is 1. The highest BCUT2D eigenvalue weighted by Gasteiger charge is 2.27. The summed E-state index contributed by atoms with van der Waals surface area (Å²) in [6.45, 7) is 0. The van der Waals surface area contributed by atoms with Crippen molar-refractivity contribution in [1.82, 2.24) is 0 Å². The summed E-state index contributed by atoms with van der Waals surface area (Å²) in [5.74, 6) is -0.111. The number of nitrogens with zero attached hydrogens (tertiary/aromatic N) is 2. The number of rotatable bonds is 4. The molecule has 126 valence electrons. The standard InChI is InChI=1S/C17H11ClN2O5/c1-24-12-4-2-3-10(7-12)8-15-17(21)25-16(19-15)13-9-11(20(22)23)5-6-14(13)18/h2-9H,1H3. The average molecular weight is 359 g/mol. The Kier molecular flexibility index (Phi) is 4.49. The first-order valence-corrected chi connectivity index (χ1v) is 7.46. The second-order valence-electron chi connectivity index (χ2n) is 5.03. The largest absolute Gasteiger partial charge is 0.497 e. The number of esters is 1. The van der Waals surface area contributed by atoms with Crippen LogP contribution in [0.5, 0.6) is 5.75 Å². The van der Waals surface area contributed by atoms with Crippen LogP contribution in [0.25, 0.3) is 6.08 Å². The van der Waals surface area contributed by atoms with Crippen molar-refractivity contribution in [3.63, 3.8) is 0 Å². The predicted molar refractivity (Wildman–Crippen MR) is 91.7 cm³/mol. The lowest BCUT2D eigenvalue weighted by Gasteiger charge is -2.02. The van der Waals surface area contributed by atoms with Gasteiger partial charge in [0.2, 0.25) is 5.90 Å². The van der Waals surface area contributed by atoms with Gasteiger partial charge in [0, 0.05) is 12.1 Å². The number of nitro benzene ring substituents is 1. The third kappa shape index (κ3) is 3.51. The van der Waals surface area contributed by atoms with Gasteiger partial charge in [-0.1, -0.05) is 23.7 Å². The number of cyclic esters (lactones) is 1. The van der Waals surface area contributed by atoms with Crippen LogP contribution in [-0.4, -0.2) is 23.9 Å². The molecule has 0 aliphatic carbocycles. The zero-order valence-corrected chi connectivity index (χ0v) is 13.7. The Bertz CT molecular complexity index is 936. The summed E-state index contributed by atoms with van der Waals surface area (Å²) in [4.78, 5) is 26.5. The van der Waals surface area contributed by atoms with Gasteiger partial charge in [-0.15, -0.1) is 0 Å². The maximum absolute atomic E-state index is 12.0. The summed E-state index contributed by atoms with van der Waals surface area (Å²) in [5.41, 5.74) is 0.758. The smallest absolute Gasteiger partial charge is 0.363 e. The summed E-state index contributed by atoms with van der Waals surface area (Å²) in [5, 5.41) is 11.1. The Morgan fingerprint density at radius 3 is 2.80 bits per heavy atom. The highest BCUT2D eigenvalue weighted by Crippen LogP contribution is 2.27. The molecule has 0 atom stereocenters. The Morgan fingerprint density at radius 2 is 2.08 bits per heavy atom. The summed E-state index contributed by atoms with van der Waals surface area (Å²) < 4.78 is 10.2. The Hall–Kier alpha value is -3.19. The summed E-state index contributed by atoms with van der Waals surface area (Å²) in [6.07, 6.45) is 1.53. The Morgan fingerprint density at radius 1 is 1.28 bits per heavy atom. The van der Waals surface area contributed by atoms with Gasteiger partial charge in [0.05, 0.1) is 22.6 Å². The molecule has 0 unspecified atom stereocenters. The van der Waals surface area contributed by atoms with Gasteiger partial charge in [0.25, 0.3) is 5.69 Å². The van der Waals surface area contributed by atoms with E-state index in [0.717, 1.165) is 0 Å². The van der Waals surface area contributed by atoms with Gasteiger partial charge in [-0.25, -0.2) is 9.79 Å². The van der Waals surface area contributed by atoms with E-state index in [-0.39, 0.29) is 27.9 Å². The molecule has 0 bridgehead atoms. The number of non-ortho nitro benzene ring substituents is 1. The first kappa shape index (κ1) is 16.7. The quantitative estimate of drug-likeness (QED) is 0.360. The molecule has 0 N–H and O–H groups in total. The summed E-state index contributed by atoms with van der Waals surface area (Å²) in [7, 11) is 1.54. The van der Waals surface area contributed by atoms with Crippen LogP contribution in [0.3, 0.4) is 0 Å². The number of hydrogen-bond donors (Lipinski definition) is 0. The van der Waals surface area contributed by atoms with Crippen molar-refractivity contribution in [1.29, 1.82) is 0 Å². The molecule has 3 rings (SSSR count). The van der Waals surface area contributed by atoms with E-state index in [2.05, 4.69) is 4.99 Å². The molecule has 0 saturated carbocycles. The molecule has 1 aliphatic rings. The Labute approximate surface area is 147 Å². The third-order valence-electron chi connectivity index (χ3n) is 3.41. The molecular formula is C17H11ClN2O5. The fourth-order valence-corrected chi connectivity index (χ4v) is 2.40. The van der Waals surface area contributed by atoms with Crippen molar-refractivity contribution < 1.29 is 19.2 Å². The lowest BCUT2D eigenvalue weighted by atomic mass is 10.2. The van der Waals surface area contributed by atoms with Gasteiger partial charge in [-0.05, 0) is 29.8 Å². The number of methoxy groups -OCH3 is 1. The molecule has 1 heterocycles. The van der Waals surface area contributed by atoms with Crippen molar-refractivity contribution in [3.05, 3.63) is 74.4 Å². The van der Waals surface area contributed by atoms with Crippen molar-refractivity contribution in [3.8, 4) is 5.75 Å². The van der Waals surface area contributed by atoms with E-state index in [1.165, 1.54) is 31.4 Å². The number of aliphatic imine (C=N–C) groups is 1. The van der Waals surface area contributed by atoms with Crippen molar-refractivity contribution >= 4 is 35.2 Å². The lowest BCUT2D eigenvalue weighted by Crippen LogP contribution is -2.06. The van der Waals surface area contributed by atoms with Crippen LogP contribution in [0.2, 0.25) is 5.02 Å². The molecule has 0 amide bonds. The van der Waals surface area contributed by atoms with Crippen LogP contribution in [0.1, 0.15) is 11.1 Å². The van der Waals surface area contributed by atoms with E-state index in [1.54, 1.807) is 24.3 Å². The maximum Gasteiger partial charge on any atom is 0.363 e. The fourth-order valence-electron chi connectivity index (χ4n) is 2.20. The molecule has 2 aromatic carbocycles. The molecular weight excluding hydrogens is 348 g/mol. The van der Waals surface area contributed by atoms with Gasteiger partial charge in [-0.2, -0.15) is 0 Å². The van der Waals surface area contributed by atoms with Gasteiger partial charge in [0.1, 0.15) is 5.75 Å². The highest BCUT2D eigenvalue weighted by atomic mass is 35.5. The predicted octanol–water partition coefficient (Wildman–Crippen LogP) is 3.60. The van der Waals surface area contributed by atoms with Crippen LogP contribution in [0, 0.1) is 10.1 Å². The molecule has 0 radical (unpaired) electrons. The fraction of sp³-hybridized carbons (Fsp3) is 0.0588. The molecule has 25 heavy (non-hydrogen) atoms. The molecule has 0 aromatic heterocycles. The molecule has 8 heteroatoms. The van der Waals surface area contributed by atoms with Crippen LogP contribution in [0.4, 0.5) is 5.69 Å². The number of hydrogen-bond acceptors (Lipinski definition) is 6. The van der Waals surface area contributed by atoms with Crippen molar-refractivity contribution in [2.45, 2.75) is 0 Å². The van der Waals surface area contributed by atoms with Crippen LogP contribution in [-0.2, 0) is 9.53 Å². The lowest BCUT2D eigenvalue weighted by molar-refractivity contribution is -0.384. The zero-order chi connectivity index (χ0) is 18.0. The topological polar surface area (TPSA) is 91.0 Å². The summed E-state index contributed by atoms with van der Waals surface area (Å²) in [6, 6.07) is 10.9. The minimum atomic E-state index is -0.666. The van der Waals surface area contributed by atoms with Crippen molar-refractivity contribution in [2.24, 2.45) is 4.99 Å². The molecule has 0 fully saturated rings. The number of carbonyl (C=O) groups is 1. The molecule has 0 saturated heterocycles. The maximum atomic E-state index is 12.0. The van der Waals surface area contributed by atoms with Crippen molar-refractivity contribution in [2.75, 3.05) is 7.11 Å². The van der Waals surface area contributed by atoms with Gasteiger partial charge in [-0.3, -0.25) is 10.1 Å². The Balaban J connectivity index is 1.99. The first-order chi connectivity index (χ1) is 12.0. The van der Waals surface area contributed by atoms with E-state index in [9.17, 15) is 14.9 Å². The normalized spacial score (nSPS) is 15.0. The van der Waals surface area contributed by atoms with Crippen LogP contribution in [0.15, 0.2) is 53.2 Å². The van der Waals surface area contributed by atoms with E-state index >= 15 is 0 Å². The minimum absolute atomic E-state index is 0.0609. The zero-order valence-electron chi connectivity index (χ0n) is 12.9. The van der Waals surface area contributed by atoms with Crippen LogP contribution >= 0.6 is 11.6 Å². The third-order valence-corrected chi connectivity index (χ3v) is 3.74. The second-order valence-corrected chi connectivity index (χ2v) is 5.44. The van der Waals surface area contributed by atoms with Crippen LogP contribution < -0.4 is 4.74 Å². The number of benzene rings is 2. The van der Waals surface area contributed by atoms with Gasteiger partial charge >= 0.3 is 5.97 Å². The van der Waals surface area contributed by atoms with E-state index in [1.807, 2.05) is 0 Å². The van der Waals surface area contributed by atoms with E-state index in [4.69, 9.17) is 21.1 Å². The average Bonchev–Trinajstić information content (AvgIpc) is 2.95. The first-order valence-electron chi connectivity index (χ1n) is 7.09. The number of ether oxygens (including phenoxy) is 2. The number of carbonyl (C=O) groups excluding carboxylic acids is 1. The second kappa shape index (κ2) is 6.74. The van der Waals surface area contributed by atoms with Gasteiger partial charge < -0.3 is 9.47 Å². The van der Waals surface area contributed by atoms with E-state index < -0.39 is 10.9 Å².